The molecule has 1 fully saturated rings. The number of para-hydroxylation sites is 1. The highest BCUT2D eigenvalue weighted by atomic mass is 79.9. The van der Waals surface area contributed by atoms with E-state index in [2.05, 4.69) is 92.8 Å². The predicted octanol–water partition coefficient (Wildman–Crippen LogP) is 0.557. The molecule has 1 amide bonds. The van der Waals surface area contributed by atoms with Crippen LogP contribution in [0.15, 0.2) is 71.7 Å². The molecule has 2 unspecified atom stereocenters. The molecular formula is C24H26Br2N4O. The van der Waals surface area contributed by atoms with E-state index in [1.165, 1.54) is 16.8 Å². The van der Waals surface area contributed by atoms with Crippen LogP contribution in [-0.4, -0.2) is 35.1 Å². The van der Waals surface area contributed by atoms with Gasteiger partial charge < -0.3 is 26.8 Å². The fraction of sp³-hybridized carbons (Fsp3) is 0.333. The van der Waals surface area contributed by atoms with Gasteiger partial charge in [-0.1, -0.05) is 53.2 Å². The second-order valence-electron chi connectivity index (χ2n) is 8.64. The lowest BCUT2D eigenvalue weighted by Crippen LogP contribution is -3.00. The van der Waals surface area contributed by atoms with E-state index in [4.69, 9.17) is 0 Å². The van der Waals surface area contributed by atoms with Gasteiger partial charge in [-0.2, -0.15) is 0 Å². The van der Waals surface area contributed by atoms with Gasteiger partial charge in [-0.05, 0) is 35.7 Å². The first-order valence-electron chi connectivity index (χ1n) is 10.4. The lowest BCUT2D eigenvalue weighted by atomic mass is 9.81. The molecule has 1 aromatic heterocycles. The number of fused-ring (bicyclic) bond motifs is 3. The van der Waals surface area contributed by atoms with Gasteiger partial charge >= 0.3 is 0 Å². The first-order valence-corrected chi connectivity index (χ1v) is 11.2. The van der Waals surface area contributed by atoms with Crippen LogP contribution >= 0.6 is 15.9 Å². The topological polar surface area (TPSA) is 32.4 Å². The molecule has 0 bridgehead atoms. The standard InChI is InChI=1S/C24H26BrN4O.BrH/c1-24-11-12-29(23(24)26(2)21-6-4-3-5-20(21)24)22(30)16-28-14-13-27(17-28)15-18-7-9-19(25)10-8-18;/h3-10,13-14,17,23H,11-12,15-16H2,1-2H3;1H/q+1;/p-1. The molecule has 3 heterocycles. The lowest BCUT2D eigenvalue weighted by Gasteiger charge is -2.34. The van der Waals surface area contributed by atoms with Crippen LogP contribution < -0.4 is 26.4 Å². The Morgan fingerprint density at radius 1 is 1.19 bits per heavy atom. The number of likely N-dealkylation sites (N-methyl/N-ethyl adjacent to an activating group) is 1. The van der Waals surface area contributed by atoms with Gasteiger partial charge in [0.2, 0.25) is 6.33 Å². The fourth-order valence-electron chi connectivity index (χ4n) is 5.19. The molecule has 5 rings (SSSR count). The van der Waals surface area contributed by atoms with Crippen LogP contribution in [0.5, 0.6) is 0 Å². The summed E-state index contributed by atoms with van der Waals surface area (Å²) in [6, 6.07) is 16.9. The third-order valence-corrected chi connectivity index (χ3v) is 7.19. The molecule has 31 heavy (non-hydrogen) atoms. The average molecular weight is 546 g/mol. The van der Waals surface area contributed by atoms with E-state index in [-0.39, 0.29) is 34.5 Å². The Bertz CT molecular complexity index is 1100. The highest BCUT2D eigenvalue weighted by Gasteiger charge is 2.54. The van der Waals surface area contributed by atoms with Gasteiger partial charge in [0.15, 0.2) is 6.54 Å². The summed E-state index contributed by atoms with van der Waals surface area (Å²) in [6.45, 7) is 4.26. The van der Waals surface area contributed by atoms with E-state index in [1.807, 2.05) is 23.3 Å². The number of amides is 1. The zero-order valence-electron chi connectivity index (χ0n) is 17.7. The van der Waals surface area contributed by atoms with Crippen LogP contribution in [0.25, 0.3) is 0 Å². The zero-order chi connectivity index (χ0) is 20.9. The van der Waals surface area contributed by atoms with Crippen LogP contribution in [-0.2, 0) is 23.3 Å². The summed E-state index contributed by atoms with van der Waals surface area (Å²) >= 11 is 3.47. The highest BCUT2D eigenvalue weighted by molar-refractivity contribution is 9.10. The molecule has 0 N–H and O–H groups in total. The molecule has 2 atom stereocenters. The summed E-state index contributed by atoms with van der Waals surface area (Å²) in [5, 5.41) is 0. The van der Waals surface area contributed by atoms with E-state index >= 15 is 0 Å². The maximum atomic E-state index is 13.3. The summed E-state index contributed by atoms with van der Waals surface area (Å²) < 4.78 is 5.18. The number of hydrogen-bond donors (Lipinski definition) is 0. The summed E-state index contributed by atoms with van der Waals surface area (Å²) in [5.41, 5.74) is 3.84. The number of likely N-dealkylation sites (tertiary alicyclic amines) is 1. The van der Waals surface area contributed by atoms with Gasteiger partial charge in [0.25, 0.3) is 5.91 Å². The highest BCUT2D eigenvalue weighted by Crippen LogP contribution is 2.51. The normalized spacial score (nSPS) is 21.6. The van der Waals surface area contributed by atoms with Crippen molar-refractivity contribution in [3.05, 3.63) is 82.9 Å². The Kier molecular flexibility index (Phi) is 6.01. The van der Waals surface area contributed by atoms with E-state index < -0.39 is 0 Å². The van der Waals surface area contributed by atoms with Crippen molar-refractivity contribution >= 4 is 27.5 Å². The molecule has 0 saturated carbocycles. The number of carbonyl (C=O) groups excluding carboxylic acids is 1. The minimum atomic E-state index is -0.000809. The number of halogens is 2. The molecule has 2 aliphatic heterocycles. The average Bonchev–Trinajstić information content (AvgIpc) is 3.38. The van der Waals surface area contributed by atoms with Crippen molar-refractivity contribution in [1.82, 2.24) is 9.47 Å². The molecule has 2 aliphatic rings. The van der Waals surface area contributed by atoms with Gasteiger partial charge in [0.1, 0.15) is 25.1 Å². The summed E-state index contributed by atoms with van der Waals surface area (Å²) in [7, 11) is 2.11. The number of hydrogen-bond acceptors (Lipinski definition) is 2. The van der Waals surface area contributed by atoms with Crippen molar-refractivity contribution in [3.63, 3.8) is 0 Å². The van der Waals surface area contributed by atoms with E-state index in [0.717, 1.165) is 24.0 Å². The Labute approximate surface area is 202 Å². The number of carbonyl (C=O) groups is 1. The second-order valence-corrected chi connectivity index (χ2v) is 9.56. The Hall–Kier alpha value is -2.12. The molecule has 0 spiro atoms. The SMILES string of the molecule is CN1c2ccccc2C2(C)CCN(C(=O)Cn3cc[n+](Cc4ccc(Br)cc4)c3)C12.[Br-]. The largest absolute Gasteiger partial charge is 1.00 e. The number of benzene rings is 2. The fourth-order valence-corrected chi connectivity index (χ4v) is 5.45. The summed E-state index contributed by atoms with van der Waals surface area (Å²) in [6.07, 6.45) is 7.12. The number of rotatable bonds is 4. The maximum Gasteiger partial charge on any atom is 0.266 e. The van der Waals surface area contributed by atoms with E-state index in [0.29, 0.717) is 6.54 Å². The van der Waals surface area contributed by atoms with Crippen molar-refractivity contribution in [2.45, 2.75) is 38.0 Å². The van der Waals surface area contributed by atoms with E-state index in [9.17, 15) is 4.79 Å². The van der Waals surface area contributed by atoms with Crippen molar-refractivity contribution in [3.8, 4) is 0 Å². The molecule has 0 radical (unpaired) electrons. The van der Waals surface area contributed by atoms with Gasteiger partial charge in [0.05, 0.1) is 0 Å². The predicted molar refractivity (Wildman–Crippen MR) is 120 cm³/mol. The molecule has 7 heteroatoms. The zero-order valence-corrected chi connectivity index (χ0v) is 20.9. The number of aromatic nitrogens is 2. The molecule has 1 saturated heterocycles. The van der Waals surface area contributed by atoms with E-state index in [1.54, 1.807) is 0 Å². The Morgan fingerprint density at radius 2 is 1.94 bits per heavy atom. The first kappa shape index (κ1) is 22.1. The number of nitrogens with zero attached hydrogens (tertiary/aromatic N) is 4. The summed E-state index contributed by atoms with van der Waals surface area (Å²) in [4.78, 5) is 17.6. The maximum absolute atomic E-state index is 13.3. The molecule has 3 aromatic rings. The van der Waals surface area contributed by atoms with Crippen LogP contribution in [0, 0.1) is 0 Å². The van der Waals surface area contributed by atoms with Crippen LogP contribution in [0.1, 0.15) is 24.5 Å². The molecule has 162 valence electrons. The number of anilines is 1. The molecule has 0 aliphatic carbocycles. The Morgan fingerprint density at radius 3 is 2.71 bits per heavy atom. The molecule has 2 aromatic carbocycles. The van der Waals surface area contributed by atoms with Crippen LogP contribution in [0.4, 0.5) is 5.69 Å². The second kappa shape index (κ2) is 8.43. The van der Waals surface area contributed by atoms with Gasteiger partial charge in [-0.25, -0.2) is 9.13 Å². The van der Waals surface area contributed by atoms with Crippen molar-refractivity contribution < 1.29 is 26.3 Å². The van der Waals surface area contributed by atoms with Gasteiger partial charge in [-0.3, -0.25) is 4.79 Å². The third-order valence-electron chi connectivity index (χ3n) is 6.67. The van der Waals surface area contributed by atoms with Crippen molar-refractivity contribution in [1.29, 1.82) is 0 Å². The van der Waals surface area contributed by atoms with Gasteiger partial charge in [-0.15, -0.1) is 0 Å². The quantitative estimate of drug-likeness (QED) is 0.449. The van der Waals surface area contributed by atoms with Crippen molar-refractivity contribution in [2.75, 3.05) is 18.5 Å². The van der Waals surface area contributed by atoms with Crippen LogP contribution in [0.3, 0.4) is 0 Å². The lowest BCUT2D eigenvalue weighted by molar-refractivity contribution is -0.687. The van der Waals surface area contributed by atoms with Crippen molar-refractivity contribution in [2.24, 2.45) is 0 Å². The molecular weight excluding hydrogens is 520 g/mol. The number of imidazole rings is 1. The third kappa shape index (κ3) is 3.82. The molecule has 5 nitrogen and oxygen atoms in total. The Balaban J connectivity index is 0.00000231. The minimum Gasteiger partial charge on any atom is -1.00 e. The summed E-state index contributed by atoms with van der Waals surface area (Å²) in [5.74, 6) is 0.176. The monoisotopic (exact) mass is 544 g/mol. The van der Waals surface area contributed by atoms with Crippen LogP contribution in [0.2, 0.25) is 0 Å². The first-order chi connectivity index (χ1) is 14.5. The smallest absolute Gasteiger partial charge is 0.266 e. The van der Waals surface area contributed by atoms with Gasteiger partial charge in [0, 0.05) is 29.2 Å². The minimum absolute atomic E-state index is 0.